The summed E-state index contributed by atoms with van der Waals surface area (Å²) in [6, 6.07) is 5.65. The summed E-state index contributed by atoms with van der Waals surface area (Å²) >= 11 is 1.24. The van der Waals surface area contributed by atoms with Crippen molar-refractivity contribution in [1.82, 2.24) is 19.8 Å². The summed E-state index contributed by atoms with van der Waals surface area (Å²) in [6.45, 7) is 6.49. The molecule has 0 amide bonds. The molecule has 2 aliphatic rings. The Morgan fingerprint density at radius 3 is 2.77 bits per heavy atom. The van der Waals surface area contributed by atoms with Gasteiger partial charge in [-0.15, -0.1) is 10.2 Å². The maximum atomic E-state index is 13.0. The summed E-state index contributed by atoms with van der Waals surface area (Å²) in [5.41, 5.74) is 1.47. The number of methoxy groups -OCH3 is 1. The normalized spacial score (nSPS) is 18.2. The maximum Gasteiger partial charge on any atom is 0.299 e. The number of ether oxygens (including phenoxy) is 3. The summed E-state index contributed by atoms with van der Waals surface area (Å²) in [5, 5.41) is 11.9. The lowest BCUT2D eigenvalue weighted by Crippen LogP contribution is -2.38. The van der Waals surface area contributed by atoms with Gasteiger partial charge in [0.05, 0.1) is 26.0 Å². The molecule has 1 aromatic heterocycles. The van der Waals surface area contributed by atoms with Crippen LogP contribution in [0.4, 0.5) is 8.78 Å². The molecule has 2 aromatic rings. The van der Waals surface area contributed by atoms with Gasteiger partial charge in [0.25, 0.3) is 6.43 Å². The van der Waals surface area contributed by atoms with Gasteiger partial charge in [-0.05, 0) is 42.5 Å². The van der Waals surface area contributed by atoms with E-state index < -0.39 is 12.2 Å². The molecule has 1 aromatic carbocycles. The van der Waals surface area contributed by atoms with Gasteiger partial charge in [-0.3, -0.25) is 4.90 Å². The van der Waals surface area contributed by atoms with Gasteiger partial charge in [0.1, 0.15) is 6.61 Å². The molecule has 0 radical (unpaired) electrons. The van der Waals surface area contributed by atoms with E-state index in [0.29, 0.717) is 29.0 Å². The molecule has 0 bridgehead atoms. The van der Waals surface area contributed by atoms with Crippen molar-refractivity contribution in [2.75, 3.05) is 46.6 Å². The standard InChI is InChI=1S/C20H23F2N5O3S/c1-13-17(31-20-24-23-19(18(21)22)27(20)25-13)12-14-3-4-15(16(11-14)28-2)30-10-7-26-5-8-29-9-6-26/h3-4,11-12,18H,5-10H2,1-2H3. The molecule has 8 nitrogen and oxygen atoms in total. The van der Waals surface area contributed by atoms with E-state index in [9.17, 15) is 8.78 Å². The van der Waals surface area contributed by atoms with Gasteiger partial charge in [0.15, 0.2) is 11.5 Å². The first-order valence-electron chi connectivity index (χ1n) is 9.85. The van der Waals surface area contributed by atoms with E-state index in [-0.39, 0.29) is 0 Å². The van der Waals surface area contributed by atoms with Crippen LogP contribution in [0.25, 0.3) is 6.08 Å². The highest BCUT2D eigenvalue weighted by molar-refractivity contribution is 8.04. The molecule has 31 heavy (non-hydrogen) atoms. The first kappa shape index (κ1) is 21.7. The summed E-state index contributed by atoms with van der Waals surface area (Å²) < 4.78 is 43.9. The lowest BCUT2D eigenvalue weighted by Gasteiger charge is -2.26. The number of morpholine rings is 1. The van der Waals surface area contributed by atoms with E-state index in [0.717, 1.165) is 48.0 Å². The van der Waals surface area contributed by atoms with Crippen LogP contribution >= 0.6 is 11.8 Å². The molecule has 1 saturated heterocycles. The van der Waals surface area contributed by atoms with Crippen LogP contribution in [0.15, 0.2) is 33.4 Å². The first-order chi connectivity index (χ1) is 15.0. The second kappa shape index (κ2) is 9.75. The number of benzene rings is 1. The molecule has 0 unspecified atom stereocenters. The number of fused-ring (bicyclic) bond motifs is 1. The SMILES string of the molecule is COc1cc(C=C2Sc3nnc(C(F)F)n3N=C2C)ccc1OCCN1CCOCC1. The van der Waals surface area contributed by atoms with Crippen LogP contribution < -0.4 is 9.47 Å². The van der Waals surface area contributed by atoms with Crippen LogP contribution in [-0.4, -0.2) is 72.0 Å². The fraction of sp³-hybridized carbons (Fsp3) is 0.450. The van der Waals surface area contributed by atoms with E-state index >= 15 is 0 Å². The van der Waals surface area contributed by atoms with Gasteiger partial charge in [-0.1, -0.05) is 6.07 Å². The van der Waals surface area contributed by atoms with Crippen molar-refractivity contribution >= 4 is 23.5 Å². The number of rotatable bonds is 7. The van der Waals surface area contributed by atoms with E-state index in [1.54, 1.807) is 14.0 Å². The number of hydrogen-bond donors (Lipinski definition) is 0. The second-order valence-electron chi connectivity index (χ2n) is 6.96. The zero-order valence-corrected chi connectivity index (χ0v) is 18.1. The predicted molar refractivity (Wildman–Crippen MR) is 113 cm³/mol. The van der Waals surface area contributed by atoms with Gasteiger partial charge < -0.3 is 14.2 Å². The molecule has 0 aliphatic carbocycles. The number of alkyl halides is 2. The third kappa shape index (κ3) is 5.05. The molecule has 0 atom stereocenters. The van der Waals surface area contributed by atoms with Crippen molar-refractivity contribution in [3.05, 3.63) is 34.5 Å². The van der Waals surface area contributed by atoms with Crippen molar-refractivity contribution in [3.8, 4) is 11.5 Å². The fourth-order valence-electron chi connectivity index (χ4n) is 3.23. The molecule has 11 heteroatoms. The zero-order chi connectivity index (χ0) is 21.8. The zero-order valence-electron chi connectivity index (χ0n) is 17.3. The lowest BCUT2D eigenvalue weighted by molar-refractivity contribution is 0.0321. The molecule has 1 fully saturated rings. The molecule has 4 rings (SSSR count). The van der Waals surface area contributed by atoms with Gasteiger partial charge in [0, 0.05) is 24.5 Å². The molecular weight excluding hydrogens is 428 g/mol. The van der Waals surface area contributed by atoms with Crippen molar-refractivity contribution in [2.45, 2.75) is 18.5 Å². The second-order valence-corrected chi connectivity index (χ2v) is 7.97. The van der Waals surface area contributed by atoms with Crippen LogP contribution in [0, 0.1) is 0 Å². The minimum atomic E-state index is -2.73. The Balaban J connectivity index is 1.45. The highest BCUT2D eigenvalue weighted by Gasteiger charge is 2.25. The van der Waals surface area contributed by atoms with Crippen molar-refractivity contribution < 1.29 is 23.0 Å². The Bertz CT molecular complexity index is 989. The largest absolute Gasteiger partial charge is 0.493 e. The molecule has 166 valence electrons. The van der Waals surface area contributed by atoms with Crippen molar-refractivity contribution in [1.29, 1.82) is 0 Å². The van der Waals surface area contributed by atoms with Crippen LogP contribution in [0.1, 0.15) is 24.7 Å². The molecule has 0 saturated carbocycles. The Kier molecular flexibility index (Phi) is 6.83. The first-order valence-corrected chi connectivity index (χ1v) is 10.7. The number of thioether (sulfide) groups is 1. The number of halogens is 2. The van der Waals surface area contributed by atoms with Crippen LogP contribution in [0.3, 0.4) is 0 Å². The Labute approximate surface area is 182 Å². The average molecular weight is 451 g/mol. The lowest BCUT2D eigenvalue weighted by atomic mass is 10.1. The maximum absolute atomic E-state index is 13.0. The Morgan fingerprint density at radius 1 is 1.23 bits per heavy atom. The third-order valence-corrected chi connectivity index (χ3v) is 5.96. The third-order valence-electron chi connectivity index (χ3n) is 4.89. The molecular formula is C20H23F2N5O3S. The number of allylic oxidation sites excluding steroid dienone is 1. The van der Waals surface area contributed by atoms with Gasteiger partial charge in [-0.2, -0.15) is 9.78 Å². The molecule has 3 heterocycles. The van der Waals surface area contributed by atoms with E-state index in [1.165, 1.54) is 11.8 Å². The minimum absolute atomic E-state index is 0.308. The topological polar surface area (TPSA) is 74.0 Å². The average Bonchev–Trinajstić information content (AvgIpc) is 3.18. The van der Waals surface area contributed by atoms with Crippen LogP contribution in [0.5, 0.6) is 11.5 Å². The number of hydrogen-bond acceptors (Lipinski definition) is 8. The molecule has 2 aliphatic heterocycles. The Hall–Kier alpha value is -2.50. The van der Waals surface area contributed by atoms with Gasteiger partial charge in [-0.25, -0.2) is 8.78 Å². The van der Waals surface area contributed by atoms with Crippen LogP contribution in [-0.2, 0) is 4.74 Å². The summed E-state index contributed by atoms with van der Waals surface area (Å²) in [7, 11) is 1.59. The van der Waals surface area contributed by atoms with E-state index in [2.05, 4.69) is 20.2 Å². The van der Waals surface area contributed by atoms with Crippen molar-refractivity contribution in [2.24, 2.45) is 5.10 Å². The summed E-state index contributed by atoms with van der Waals surface area (Å²) in [5.74, 6) is 0.831. The van der Waals surface area contributed by atoms with Gasteiger partial charge in [0.2, 0.25) is 11.0 Å². The fourth-order valence-corrected chi connectivity index (χ4v) is 4.11. The monoisotopic (exact) mass is 451 g/mol. The van der Waals surface area contributed by atoms with E-state index in [1.807, 2.05) is 24.3 Å². The predicted octanol–water partition coefficient (Wildman–Crippen LogP) is 3.31. The van der Waals surface area contributed by atoms with Crippen LogP contribution in [0.2, 0.25) is 0 Å². The Morgan fingerprint density at radius 2 is 2.03 bits per heavy atom. The quantitative estimate of drug-likeness (QED) is 0.639. The highest BCUT2D eigenvalue weighted by Crippen LogP contribution is 2.35. The summed E-state index contributed by atoms with van der Waals surface area (Å²) in [4.78, 5) is 3.10. The van der Waals surface area contributed by atoms with Gasteiger partial charge >= 0.3 is 0 Å². The molecule has 0 spiro atoms. The van der Waals surface area contributed by atoms with Crippen molar-refractivity contribution in [3.63, 3.8) is 0 Å². The van der Waals surface area contributed by atoms with E-state index in [4.69, 9.17) is 14.2 Å². The highest BCUT2D eigenvalue weighted by atomic mass is 32.2. The number of nitrogens with zero attached hydrogens (tertiary/aromatic N) is 5. The summed E-state index contributed by atoms with van der Waals surface area (Å²) in [6.07, 6.45) is -0.826. The molecule has 0 N–H and O–H groups in total. The smallest absolute Gasteiger partial charge is 0.299 e. The number of aromatic nitrogens is 3. The minimum Gasteiger partial charge on any atom is -0.493 e.